The lowest BCUT2D eigenvalue weighted by Gasteiger charge is -2.20. The molecule has 144 valence electrons. The molecule has 0 saturated heterocycles. The molecular formula is C20H18N2O6. The number of hydrogen-bond donors (Lipinski definition) is 1. The summed E-state index contributed by atoms with van der Waals surface area (Å²) in [6.45, 7) is 2.71. The maximum Gasteiger partial charge on any atom is 0.338 e. The zero-order valence-corrected chi connectivity index (χ0v) is 15.1. The van der Waals surface area contributed by atoms with Crippen LogP contribution in [-0.4, -0.2) is 36.2 Å². The number of carbonyl (C=O) groups excluding carboxylic acids is 2. The van der Waals surface area contributed by atoms with Crippen LogP contribution in [0, 0.1) is 0 Å². The third kappa shape index (κ3) is 3.62. The van der Waals surface area contributed by atoms with Crippen molar-refractivity contribution in [3.63, 3.8) is 0 Å². The first-order chi connectivity index (χ1) is 13.6. The van der Waals surface area contributed by atoms with E-state index in [1.807, 2.05) is 0 Å². The molecule has 0 spiro atoms. The monoisotopic (exact) mass is 382 g/mol. The molecule has 8 nitrogen and oxygen atoms in total. The fourth-order valence-corrected chi connectivity index (χ4v) is 2.85. The second-order valence-electron chi connectivity index (χ2n) is 6.18. The van der Waals surface area contributed by atoms with Crippen LogP contribution in [0.15, 0.2) is 47.2 Å². The zero-order chi connectivity index (χ0) is 19.5. The average Bonchev–Trinajstić information content (AvgIpc) is 3.19. The van der Waals surface area contributed by atoms with Crippen molar-refractivity contribution in [3.8, 4) is 11.5 Å². The summed E-state index contributed by atoms with van der Waals surface area (Å²) in [4.78, 5) is 29.0. The van der Waals surface area contributed by atoms with Gasteiger partial charge in [0.15, 0.2) is 29.6 Å². The predicted octanol–water partition coefficient (Wildman–Crippen LogP) is 3.17. The van der Waals surface area contributed by atoms with Crippen LogP contribution in [0.1, 0.15) is 23.7 Å². The van der Waals surface area contributed by atoms with E-state index < -0.39 is 18.0 Å². The summed E-state index contributed by atoms with van der Waals surface area (Å²) in [5.41, 5.74) is 1.95. The largest absolute Gasteiger partial charge is 0.486 e. The van der Waals surface area contributed by atoms with Gasteiger partial charge in [0.1, 0.15) is 18.7 Å². The van der Waals surface area contributed by atoms with Gasteiger partial charge in [-0.15, -0.1) is 0 Å². The fraction of sp³-hybridized carbons (Fsp3) is 0.250. The van der Waals surface area contributed by atoms with E-state index in [-0.39, 0.29) is 0 Å². The van der Waals surface area contributed by atoms with Gasteiger partial charge in [0.2, 0.25) is 0 Å². The molecule has 8 heteroatoms. The van der Waals surface area contributed by atoms with E-state index in [1.54, 1.807) is 43.3 Å². The minimum atomic E-state index is -0.936. The number of esters is 1. The number of aromatic nitrogens is 1. The summed E-state index contributed by atoms with van der Waals surface area (Å²) in [6.07, 6.45) is 0.692. The van der Waals surface area contributed by atoms with Crippen molar-refractivity contribution in [1.29, 1.82) is 0 Å². The average molecular weight is 382 g/mol. The molecule has 1 aliphatic heterocycles. The van der Waals surface area contributed by atoms with Crippen molar-refractivity contribution in [1.82, 2.24) is 4.98 Å². The van der Waals surface area contributed by atoms with Crippen LogP contribution in [-0.2, 0) is 9.53 Å². The first-order valence-electron chi connectivity index (χ1n) is 8.89. The lowest BCUT2D eigenvalue weighted by molar-refractivity contribution is -0.124. The summed E-state index contributed by atoms with van der Waals surface area (Å²) in [6, 6.07) is 9.88. The van der Waals surface area contributed by atoms with E-state index in [1.165, 1.54) is 6.39 Å². The molecule has 1 atom stereocenters. The maximum absolute atomic E-state index is 12.6. The van der Waals surface area contributed by atoms with E-state index >= 15 is 0 Å². The van der Waals surface area contributed by atoms with E-state index in [9.17, 15) is 9.59 Å². The second kappa shape index (κ2) is 7.59. The van der Waals surface area contributed by atoms with Crippen LogP contribution in [0.2, 0.25) is 0 Å². The van der Waals surface area contributed by atoms with Crippen LogP contribution in [0.3, 0.4) is 0 Å². The number of oxazole rings is 1. The molecule has 0 fully saturated rings. The van der Waals surface area contributed by atoms with Crippen LogP contribution in [0.4, 0.5) is 5.69 Å². The number of rotatable bonds is 5. The Balaban J connectivity index is 1.44. The van der Waals surface area contributed by atoms with Gasteiger partial charge in [-0.25, -0.2) is 9.78 Å². The Hall–Kier alpha value is -3.55. The van der Waals surface area contributed by atoms with Gasteiger partial charge < -0.3 is 23.9 Å². The number of nitrogens with zero attached hydrogens (tertiary/aromatic N) is 1. The quantitative estimate of drug-likeness (QED) is 0.677. The summed E-state index contributed by atoms with van der Waals surface area (Å²) < 4.78 is 21.5. The number of benzene rings is 2. The van der Waals surface area contributed by atoms with Crippen LogP contribution < -0.4 is 14.8 Å². The highest BCUT2D eigenvalue weighted by atomic mass is 16.6. The van der Waals surface area contributed by atoms with Gasteiger partial charge in [0, 0.05) is 11.8 Å². The lowest BCUT2D eigenvalue weighted by Crippen LogP contribution is -2.32. The van der Waals surface area contributed by atoms with Gasteiger partial charge in [0.05, 0.1) is 5.56 Å². The number of hydrogen-bond acceptors (Lipinski definition) is 7. The Bertz CT molecular complexity index is 1030. The van der Waals surface area contributed by atoms with Crippen molar-refractivity contribution in [3.05, 3.63) is 48.4 Å². The molecule has 2 aromatic carbocycles. The Kier molecular flexibility index (Phi) is 4.84. The Morgan fingerprint density at radius 2 is 1.96 bits per heavy atom. The minimum Gasteiger partial charge on any atom is -0.486 e. The van der Waals surface area contributed by atoms with E-state index in [0.717, 1.165) is 0 Å². The first-order valence-corrected chi connectivity index (χ1v) is 8.89. The number of amides is 1. The summed E-state index contributed by atoms with van der Waals surface area (Å²) in [7, 11) is 0. The number of anilines is 1. The molecule has 1 unspecified atom stereocenters. The highest BCUT2D eigenvalue weighted by molar-refractivity contribution is 5.98. The third-order valence-electron chi connectivity index (χ3n) is 4.29. The first kappa shape index (κ1) is 17.8. The molecule has 1 amide bonds. The van der Waals surface area contributed by atoms with Crippen molar-refractivity contribution >= 4 is 28.7 Å². The van der Waals surface area contributed by atoms with Gasteiger partial charge >= 0.3 is 5.97 Å². The number of ether oxygens (including phenoxy) is 3. The van der Waals surface area contributed by atoms with Gasteiger partial charge in [0.25, 0.3) is 5.91 Å². The molecule has 2 heterocycles. The highest BCUT2D eigenvalue weighted by Gasteiger charge is 2.23. The normalized spacial score (nSPS) is 13.8. The molecule has 1 aromatic heterocycles. The predicted molar refractivity (Wildman–Crippen MR) is 99.6 cm³/mol. The van der Waals surface area contributed by atoms with Crippen molar-refractivity contribution in [2.45, 2.75) is 19.4 Å². The highest BCUT2D eigenvalue weighted by Crippen LogP contribution is 2.32. The van der Waals surface area contributed by atoms with Crippen molar-refractivity contribution in [2.75, 3.05) is 18.5 Å². The second-order valence-corrected chi connectivity index (χ2v) is 6.18. The van der Waals surface area contributed by atoms with Crippen molar-refractivity contribution < 1.29 is 28.2 Å². The maximum atomic E-state index is 12.6. The SMILES string of the molecule is CCC(OC(=O)c1ccc2ocnc2c1)C(=O)Nc1ccc2c(c1)OCCO2. The standard InChI is InChI=1S/C20H18N2O6/c1-2-15(28-20(24)12-3-5-16-14(9-12)21-11-27-16)19(23)22-13-4-6-17-18(10-13)26-8-7-25-17/h3-6,9-11,15H,2,7-8H2,1H3,(H,22,23). The Labute approximate surface area is 160 Å². The van der Waals surface area contributed by atoms with Gasteiger partial charge in [-0.3, -0.25) is 4.79 Å². The molecule has 0 aliphatic carbocycles. The van der Waals surface area contributed by atoms with Gasteiger partial charge in [-0.2, -0.15) is 0 Å². The number of fused-ring (bicyclic) bond motifs is 2. The van der Waals surface area contributed by atoms with Gasteiger partial charge in [-0.05, 0) is 36.8 Å². The Morgan fingerprint density at radius 3 is 2.79 bits per heavy atom. The zero-order valence-electron chi connectivity index (χ0n) is 15.1. The van der Waals surface area contributed by atoms with Crippen LogP contribution >= 0.6 is 0 Å². The number of carbonyl (C=O) groups is 2. The minimum absolute atomic E-state index is 0.298. The molecule has 0 bridgehead atoms. The van der Waals surface area contributed by atoms with E-state index in [4.69, 9.17) is 18.6 Å². The molecule has 1 aliphatic rings. The molecule has 28 heavy (non-hydrogen) atoms. The molecule has 0 radical (unpaired) electrons. The molecule has 4 rings (SSSR count). The molecule has 3 aromatic rings. The van der Waals surface area contributed by atoms with Crippen LogP contribution in [0.5, 0.6) is 11.5 Å². The fourth-order valence-electron chi connectivity index (χ4n) is 2.85. The molecule has 0 saturated carbocycles. The topological polar surface area (TPSA) is 99.9 Å². The van der Waals surface area contributed by atoms with Crippen LogP contribution in [0.25, 0.3) is 11.1 Å². The molecular weight excluding hydrogens is 364 g/mol. The van der Waals surface area contributed by atoms with E-state index in [0.29, 0.717) is 53.5 Å². The lowest BCUT2D eigenvalue weighted by atomic mass is 10.2. The molecule has 1 N–H and O–H groups in total. The van der Waals surface area contributed by atoms with E-state index in [2.05, 4.69) is 10.3 Å². The number of nitrogens with one attached hydrogen (secondary N) is 1. The smallest absolute Gasteiger partial charge is 0.338 e. The summed E-state index contributed by atoms with van der Waals surface area (Å²) in [5.74, 6) is 0.171. The summed E-state index contributed by atoms with van der Waals surface area (Å²) in [5, 5.41) is 2.75. The van der Waals surface area contributed by atoms with Gasteiger partial charge in [-0.1, -0.05) is 6.92 Å². The third-order valence-corrected chi connectivity index (χ3v) is 4.29. The van der Waals surface area contributed by atoms with Crippen molar-refractivity contribution in [2.24, 2.45) is 0 Å². The Morgan fingerprint density at radius 1 is 1.14 bits per heavy atom. The summed E-state index contributed by atoms with van der Waals surface area (Å²) >= 11 is 0.